The molecule has 5 heteroatoms. The number of ether oxygens (including phenoxy) is 1. The average molecular weight is 273 g/mol. The van der Waals surface area contributed by atoms with Crippen LogP contribution in [0.2, 0.25) is 0 Å². The van der Waals surface area contributed by atoms with Crippen LogP contribution in [0.1, 0.15) is 22.4 Å². The van der Waals surface area contributed by atoms with Gasteiger partial charge in [-0.2, -0.15) is 5.10 Å². The standard InChI is InChI=1S/C15H19N3O2/c1-10-11(2)17-18-15(14(10)9-16)20-13-5-3-12(4-6-13)7-8-19/h3-6,19H,7-9,16H2,1-2H3. The molecule has 0 saturated carbocycles. The molecule has 2 rings (SSSR count). The fourth-order valence-corrected chi connectivity index (χ4v) is 1.92. The molecule has 0 amide bonds. The number of aliphatic hydroxyl groups excluding tert-OH is 1. The van der Waals surface area contributed by atoms with Crippen LogP contribution in [-0.2, 0) is 13.0 Å². The molecule has 106 valence electrons. The van der Waals surface area contributed by atoms with E-state index in [0.29, 0.717) is 24.6 Å². The fraction of sp³-hybridized carbons (Fsp3) is 0.333. The van der Waals surface area contributed by atoms with Crippen LogP contribution >= 0.6 is 0 Å². The zero-order valence-corrected chi connectivity index (χ0v) is 11.8. The van der Waals surface area contributed by atoms with E-state index in [1.807, 2.05) is 38.1 Å². The monoisotopic (exact) mass is 273 g/mol. The Morgan fingerprint density at radius 1 is 1.15 bits per heavy atom. The summed E-state index contributed by atoms with van der Waals surface area (Å²) in [6.07, 6.45) is 0.637. The van der Waals surface area contributed by atoms with Gasteiger partial charge in [0.25, 0.3) is 0 Å². The molecule has 1 aromatic carbocycles. The molecule has 20 heavy (non-hydrogen) atoms. The van der Waals surface area contributed by atoms with Crippen molar-refractivity contribution in [2.24, 2.45) is 5.73 Å². The van der Waals surface area contributed by atoms with Gasteiger partial charge >= 0.3 is 0 Å². The summed E-state index contributed by atoms with van der Waals surface area (Å²) < 4.78 is 5.75. The quantitative estimate of drug-likeness (QED) is 0.869. The van der Waals surface area contributed by atoms with Gasteiger partial charge in [-0.1, -0.05) is 12.1 Å². The van der Waals surface area contributed by atoms with Gasteiger partial charge in [0.15, 0.2) is 0 Å². The van der Waals surface area contributed by atoms with E-state index < -0.39 is 0 Å². The summed E-state index contributed by atoms with van der Waals surface area (Å²) >= 11 is 0. The van der Waals surface area contributed by atoms with Crippen LogP contribution in [-0.4, -0.2) is 21.9 Å². The normalized spacial score (nSPS) is 10.6. The molecule has 0 saturated heterocycles. The minimum Gasteiger partial charge on any atom is -0.437 e. The smallest absolute Gasteiger partial charge is 0.243 e. The van der Waals surface area contributed by atoms with Crippen molar-refractivity contribution in [2.75, 3.05) is 6.61 Å². The number of benzene rings is 1. The van der Waals surface area contributed by atoms with Gasteiger partial charge in [0.05, 0.1) is 5.69 Å². The van der Waals surface area contributed by atoms with Gasteiger partial charge in [-0.3, -0.25) is 0 Å². The fourth-order valence-electron chi connectivity index (χ4n) is 1.92. The zero-order chi connectivity index (χ0) is 14.5. The summed E-state index contributed by atoms with van der Waals surface area (Å²) in [7, 11) is 0. The second kappa shape index (κ2) is 6.45. The number of nitrogens with zero attached hydrogens (tertiary/aromatic N) is 2. The molecule has 3 N–H and O–H groups in total. The summed E-state index contributed by atoms with van der Waals surface area (Å²) in [6, 6.07) is 7.54. The average Bonchev–Trinajstić information content (AvgIpc) is 2.46. The Labute approximate surface area is 118 Å². The van der Waals surface area contributed by atoms with E-state index in [1.165, 1.54) is 0 Å². The Kier molecular flexibility index (Phi) is 4.65. The van der Waals surface area contributed by atoms with Crippen molar-refractivity contribution in [3.8, 4) is 11.6 Å². The SMILES string of the molecule is Cc1nnc(Oc2ccc(CCO)cc2)c(CN)c1C. The van der Waals surface area contributed by atoms with Crippen molar-refractivity contribution in [1.29, 1.82) is 0 Å². The predicted molar refractivity (Wildman–Crippen MR) is 76.7 cm³/mol. The van der Waals surface area contributed by atoms with Crippen LogP contribution in [0.5, 0.6) is 11.6 Å². The lowest BCUT2D eigenvalue weighted by atomic mass is 10.1. The number of rotatable bonds is 5. The lowest BCUT2D eigenvalue weighted by molar-refractivity contribution is 0.299. The molecule has 0 aliphatic rings. The van der Waals surface area contributed by atoms with Gasteiger partial charge in [0, 0.05) is 18.7 Å². The van der Waals surface area contributed by atoms with Gasteiger partial charge < -0.3 is 15.6 Å². The summed E-state index contributed by atoms with van der Waals surface area (Å²) in [5.74, 6) is 1.13. The third-order valence-electron chi connectivity index (χ3n) is 3.29. The molecule has 0 aliphatic heterocycles. The molecule has 0 bridgehead atoms. The Morgan fingerprint density at radius 2 is 1.85 bits per heavy atom. The minimum atomic E-state index is 0.139. The third kappa shape index (κ3) is 3.12. The number of aryl methyl sites for hydroxylation is 1. The van der Waals surface area contributed by atoms with Crippen LogP contribution in [0, 0.1) is 13.8 Å². The number of aliphatic hydroxyl groups is 1. The van der Waals surface area contributed by atoms with Crippen molar-refractivity contribution >= 4 is 0 Å². The molecule has 5 nitrogen and oxygen atoms in total. The minimum absolute atomic E-state index is 0.139. The zero-order valence-electron chi connectivity index (χ0n) is 11.8. The molecule has 2 aromatic rings. The first-order valence-corrected chi connectivity index (χ1v) is 6.56. The molecule has 0 spiro atoms. The van der Waals surface area contributed by atoms with Gasteiger partial charge in [-0.25, -0.2) is 0 Å². The maximum Gasteiger partial charge on any atom is 0.243 e. The Bertz CT molecular complexity index is 582. The second-order valence-corrected chi connectivity index (χ2v) is 4.62. The van der Waals surface area contributed by atoms with Crippen molar-refractivity contribution in [3.63, 3.8) is 0 Å². The molecule has 0 radical (unpaired) electrons. The first kappa shape index (κ1) is 14.4. The maximum atomic E-state index is 8.89. The predicted octanol–water partition coefficient (Wildman–Crippen LogP) is 1.88. The summed E-state index contributed by atoms with van der Waals surface area (Å²) in [5, 5.41) is 17.0. The van der Waals surface area contributed by atoms with Crippen LogP contribution in [0.25, 0.3) is 0 Å². The number of nitrogens with two attached hydrogens (primary N) is 1. The summed E-state index contributed by atoms with van der Waals surface area (Å²) in [5.41, 5.74) is 9.56. The van der Waals surface area contributed by atoms with E-state index >= 15 is 0 Å². The Morgan fingerprint density at radius 3 is 2.45 bits per heavy atom. The van der Waals surface area contributed by atoms with E-state index in [2.05, 4.69) is 10.2 Å². The molecular weight excluding hydrogens is 254 g/mol. The highest BCUT2D eigenvalue weighted by Gasteiger charge is 2.11. The number of aromatic nitrogens is 2. The van der Waals surface area contributed by atoms with Crippen LogP contribution in [0.3, 0.4) is 0 Å². The molecule has 0 unspecified atom stereocenters. The molecule has 0 fully saturated rings. The third-order valence-corrected chi connectivity index (χ3v) is 3.29. The maximum absolute atomic E-state index is 8.89. The van der Waals surface area contributed by atoms with Crippen molar-refractivity contribution in [3.05, 3.63) is 46.6 Å². The summed E-state index contributed by atoms with van der Waals surface area (Å²) in [4.78, 5) is 0. The van der Waals surface area contributed by atoms with Gasteiger partial charge in [-0.05, 0) is 43.5 Å². The molecule has 1 aromatic heterocycles. The van der Waals surface area contributed by atoms with E-state index in [9.17, 15) is 0 Å². The lowest BCUT2D eigenvalue weighted by Crippen LogP contribution is -2.07. The Balaban J connectivity index is 2.23. The summed E-state index contributed by atoms with van der Waals surface area (Å²) in [6.45, 7) is 4.36. The molecule has 0 aliphatic carbocycles. The van der Waals surface area contributed by atoms with Crippen LogP contribution < -0.4 is 10.5 Å². The molecular formula is C15H19N3O2. The van der Waals surface area contributed by atoms with Gasteiger partial charge in [0.2, 0.25) is 5.88 Å². The topological polar surface area (TPSA) is 81.3 Å². The highest BCUT2D eigenvalue weighted by molar-refractivity contribution is 5.38. The van der Waals surface area contributed by atoms with E-state index in [-0.39, 0.29) is 6.61 Å². The van der Waals surface area contributed by atoms with E-state index in [0.717, 1.165) is 22.4 Å². The van der Waals surface area contributed by atoms with Crippen LogP contribution in [0.15, 0.2) is 24.3 Å². The highest BCUT2D eigenvalue weighted by Crippen LogP contribution is 2.25. The number of hydrogen-bond acceptors (Lipinski definition) is 5. The van der Waals surface area contributed by atoms with Crippen LogP contribution in [0.4, 0.5) is 0 Å². The Hall–Kier alpha value is -1.98. The lowest BCUT2D eigenvalue weighted by Gasteiger charge is -2.12. The molecule has 0 atom stereocenters. The first-order valence-electron chi connectivity index (χ1n) is 6.56. The van der Waals surface area contributed by atoms with Crippen molar-refractivity contribution in [2.45, 2.75) is 26.8 Å². The second-order valence-electron chi connectivity index (χ2n) is 4.62. The van der Waals surface area contributed by atoms with Crippen molar-refractivity contribution in [1.82, 2.24) is 10.2 Å². The largest absolute Gasteiger partial charge is 0.437 e. The highest BCUT2D eigenvalue weighted by atomic mass is 16.5. The van der Waals surface area contributed by atoms with E-state index in [4.69, 9.17) is 15.6 Å². The van der Waals surface area contributed by atoms with Gasteiger partial charge in [0.1, 0.15) is 5.75 Å². The number of hydrogen-bond donors (Lipinski definition) is 2. The van der Waals surface area contributed by atoms with Crippen molar-refractivity contribution < 1.29 is 9.84 Å². The van der Waals surface area contributed by atoms with E-state index in [1.54, 1.807) is 0 Å². The van der Waals surface area contributed by atoms with Gasteiger partial charge in [-0.15, -0.1) is 5.10 Å². The molecule has 1 heterocycles. The first-order chi connectivity index (χ1) is 9.65.